The molecule has 24 heavy (non-hydrogen) atoms. The van der Waals surface area contributed by atoms with E-state index >= 15 is 0 Å². The molecule has 1 heterocycles. The van der Waals surface area contributed by atoms with Crippen molar-refractivity contribution >= 4 is 11.8 Å². The number of carbonyl (C=O) groups excluding carboxylic acids is 2. The average molecular weight is 332 g/mol. The summed E-state index contributed by atoms with van der Waals surface area (Å²) in [6.07, 6.45) is 12.4. The third-order valence-corrected chi connectivity index (χ3v) is 7.44. The van der Waals surface area contributed by atoms with E-state index in [-0.39, 0.29) is 23.3 Å². The third kappa shape index (κ3) is 2.97. The summed E-state index contributed by atoms with van der Waals surface area (Å²) in [6, 6.07) is 0.134. The minimum atomic E-state index is -0.361. The molecule has 2 amide bonds. The van der Waals surface area contributed by atoms with Crippen LogP contribution in [0.3, 0.4) is 0 Å². The fraction of sp³-hybridized carbons (Fsp3) is 0.900. The van der Waals surface area contributed by atoms with Gasteiger partial charge >= 0.3 is 11.8 Å². The lowest BCUT2D eigenvalue weighted by atomic mass is 9.48. The molecule has 5 fully saturated rings. The lowest BCUT2D eigenvalue weighted by molar-refractivity contribution is -0.147. The standard InChI is InChI=1S/C20H32N2O2/c1-14(20-11-15-8-16(12-20)10-17(9-15)13-20)21-18(23)19(24)22-6-4-2-3-5-7-22/h14-17H,2-13H2,1H3,(H,21,23). The lowest BCUT2D eigenvalue weighted by Gasteiger charge is -2.59. The quantitative estimate of drug-likeness (QED) is 0.790. The fourth-order valence-corrected chi connectivity index (χ4v) is 6.54. The normalized spacial score (nSPS) is 39.4. The number of likely N-dealkylation sites (tertiary alicyclic amines) is 1. The average Bonchev–Trinajstić information content (AvgIpc) is 2.82. The Kier molecular flexibility index (Phi) is 4.34. The Morgan fingerprint density at radius 2 is 1.42 bits per heavy atom. The largest absolute Gasteiger partial charge is 0.345 e. The smallest absolute Gasteiger partial charge is 0.311 e. The molecule has 134 valence electrons. The predicted molar refractivity (Wildman–Crippen MR) is 93.3 cm³/mol. The van der Waals surface area contributed by atoms with E-state index in [1.54, 1.807) is 4.90 Å². The van der Waals surface area contributed by atoms with Crippen LogP contribution < -0.4 is 5.32 Å². The van der Waals surface area contributed by atoms with Gasteiger partial charge in [-0.05, 0) is 81.5 Å². The van der Waals surface area contributed by atoms with E-state index < -0.39 is 0 Å². The highest BCUT2D eigenvalue weighted by Crippen LogP contribution is 2.61. The number of nitrogens with one attached hydrogen (secondary N) is 1. The lowest BCUT2D eigenvalue weighted by Crippen LogP contribution is -2.57. The van der Waals surface area contributed by atoms with Gasteiger partial charge in [0.05, 0.1) is 0 Å². The van der Waals surface area contributed by atoms with Gasteiger partial charge in [0.25, 0.3) is 0 Å². The van der Waals surface area contributed by atoms with Crippen LogP contribution in [0.1, 0.15) is 71.1 Å². The first kappa shape index (κ1) is 16.4. The highest BCUT2D eigenvalue weighted by Gasteiger charge is 2.53. The summed E-state index contributed by atoms with van der Waals surface area (Å²) in [5.41, 5.74) is 0.267. The fourth-order valence-electron chi connectivity index (χ4n) is 6.54. The maximum Gasteiger partial charge on any atom is 0.311 e. The van der Waals surface area contributed by atoms with E-state index in [0.717, 1.165) is 43.7 Å². The zero-order valence-corrected chi connectivity index (χ0v) is 15.1. The number of amides is 2. The Morgan fingerprint density at radius 3 is 1.92 bits per heavy atom. The number of hydrogen-bond donors (Lipinski definition) is 1. The first-order chi connectivity index (χ1) is 11.6. The van der Waals surface area contributed by atoms with Gasteiger partial charge in [0.1, 0.15) is 0 Å². The van der Waals surface area contributed by atoms with Crippen molar-refractivity contribution in [1.29, 1.82) is 0 Å². The maximum atomic E-state index is 12.6. The van der Waals surface area contributed by atoms with Gasteiger partial charge in [-0.3, -0.25) is 9.59 Å². The van der Waals surface area contributed by atoms with Crippen LogP contribution >= 0.6 is 0 Å². The molecule has 0 aromatic carbocycles. The minimum Gasteiger partial charge on any atom is -0.345 e. The van der Waals surface area contributed by atoms with Crippen molar-refractivity contribution in [2.24, 2.45) is 23.2 Å². The Hall–Kier alpha value is -1.06. The summed E-state index contributed by atoms with van der Waals surface area (Å²) in [4.78, 5) is 26.9. The van der Waals surface area contributed by atoms with Gasteiger partial charge in [-0.2, -0.15) is 0 Å². The maximum absolute atomic E-state index is 12.6. The Morgan fingerprint density at radius 1 is 0.917 bits per heavy atom. The summed E-state index contributed by atoms with van der Waals surface area (Å²) in [6.45, 7) is 3.65. The molecule has 5 rings (SSSR count). The van der Waals surface area contributed by atoms with Crippen molar-refractivity contribution in [2.75, 3.05) is 13.1 Å². The van der Waals surface area contributed by atoms with E-state index in [1.807, 2.05) is 0 Å². The zero-order valence-electron chi connectivity index (χ0n) is 15.1. The molecule has 4 saturated carbocycles. The molecular weight excluding hydrogens is 300 g/mol. The van der Waals surface area contributed by atoms with Gasteiger partial charge in [0.15, 0.2) is 0 Å². The van der Waals surface area contributed by atoms with E-state index in [0.29, 0.717) is 0 Å². The Bertz CT molecular complexity index is 472. The summed E-state index contributed by atoms with van der Waals surface area (Å²) >= 11 is 0. The van der Waals surface area contributed by atoms with Gasteiger partial charge in [0, 0.05) is 19.1 Å². The van der Waals surface area contributed by atoms with Crippen molar-refractivity contribution in [1.82, 2.24) is 10.2 Å². The van der Waals surface area contributed by atoms with Crippen LogP contribution in [0, 0.1) is 23.2 Å². The number of hydrogen-bond acceptors (Lipinski definition) is 2. The number of nitrogens with zero attached hydrogens (tertiary/aromatic N) is 1. The highest BCUT2D eigenvalue weighted by atomic mass is 16.2. The zero-order chi connectivity index (χ0) is 16.7. The molecule has 1 N–H and O–H groups in total. The molecule has 1 saturated heterocycles. The van der Waals surface area contributed by atoms with E-state index in [1.165, 1.54) is 51.4 Å². The SMILES string of the molecule is CC(NC(=O)C(=O)N1CCCCCC1)C12CC3CC(CC(C3)C1)C2. The summed E-state index contributed by atoms with van der Waals surface area (Å²) in [5.74, 6) is 1.96. The van der Waals surface area contributed by atoms with Crippen LogP contribution in [0.4, 0.5) is 0 Å². The van der Waals surface area contributed by atoms with Gasteiger partial charge in [0.2, 0.25) is 0 Å². The van der Waals surface area contributed by atoms with Crippen molar-refractivity contribution in [3.8, 4) is 0 Å². The minimum absolute atomic E-state index is 0.134. The van der Waals surface area contributed by atoms with Crippen LogP contribution in [0.5, 0.6) is 0 Å². The summed E-state index contributed by atoms with van der Waals surface area (Å²) in [5, 5.41) is 3.12. The predicted octanol–water partition coefficient (Wildman–Crippen LogP) is 3.11. The van der Waals surface area contributed by atoms with Crippen LogP contribution in [-0.4, -0.2) is 35.8 Å². The molecule has 0 aromatic rings. The van der Waals surface area contributed by atoms with Gasteiger partial charge in [-0.1, -0.05) is 12.8 Å². The molecule has 4 bridgehead atoms. The third-order valence-electron chi connectivity index (χ3n) is 7.44. The first-order valence-electron chi connectivity index (χ1n) is 10.2. The summed E-state index contributed by atoms with van der Waals surface area (Å²) in [7, 11) is 0. The van der Waals surface area contributed by atoms with E-state index in [9.17, 15) is 9.59 Å². The molecule has 1 atom stereocenters. The first-order valence-corrected chi connectivity index (χ1v) is 10.2. The molecule has 5 aliphatic rings. The second-order valence-corrected chi connectivity index (χ2v) is 9.18. The van der Waals surface area contributed by atoms with Gasteiger partial charge < -0.3 is 10.2 Å². The molecule has 0 spiro atoms. The van der Waals surface area contributed by atoms with Crippen LogP contribution in [0.2, 0.25) is 0 Å². The molecule has 1 aliphatic heterocycles. The van der Waals surface area contributed by atoms with Crippen molar-refractivity contribution < 1.29 is 9.59 Å². The Labute approximate surface area is 145 Å². The summed E-state index contributed by atoms with van der Waals surface area (Å²) < 4.78 is 0. The molecule has 1 unspecified atom stereocenters. The van der Waals surface area contributed by atoms with Crippen LogP contribution in [0.15, 0.2) is 0 Å². The van der Waals surface area contributed by atoms with Crippen molar-refractivity contribution in [3.05, 3.63) is 0 Å². The monoisotopic (exact) mass is 332 g/mol. The molecule has 0 aromatic heterocycles. The van der Waals surface area contributed by atoms with Gasteiger partial charge in [-0.15, -0.1) is 0 Å². The van der Waals surface area contributed by atoms with Crippen molar-refractivity contribution in [2.45, 2.75) is 77.2 Å². The molecule has 4 nitrogen and oxygen atoms in total. The Balaban J connectivity index is 1.39. The second-order valence-electron chi connectivity index (χ2n) is 9.18. The van der Waals surface area contributed by atoms with Crippen LogP contribution in [-0.2, 0) is 9.59 Å². The molecule has 4 aliphatic carbocycles. The highest BCUT2D eigenvalue weighted by molar-refractivity contribution is 6.35. The number of carbonyl (C=O) groups is 2. The van der Waals surface area contributed by atoms with E-state index in [2.05, 4.69) is 12.2 Å². The number of rotatable bonds is 2. The molecule has 4 heteroatoms. The molecule has 0 radical (unpaired) electrons. The van der Waals surface area contributed by atoms with Gasteiger partial charge in [-0.25, -0.2) is 0 Å². The van der Waals surface area contributed by atoms with Crippen LogP contribution in [0.25, 0.3) is 0 Å². The second kappa shape index (κ2) is 6.34. The molecular formula is C20H32N2O2. The topological polar surface area (TPSA) is 49.4 Å². The van der Waals surface area contributed by atoms with E-state index in [4.69, 9.17) is 0 Å². The van der Waals surface area contributed by atoms with Crippen molar-refractivity contribution in [3.63, 3.8) is 0 Å².